The number of phenolic OH excluding ortho intramolecular Hbond substituents is 1. The van der Waals surface area contributed by atoms with Gasteiger partial charge in [-0.2, -0.15) is 0 Å². The van der Waals surface area contributed by atoms with Gasteiger partial charge in [0.25, 0.3) is 11.7 Å². The molecule has 0 spiro atoms. The van der Waals surface area contributed by atoms with Crippen LogP contribution in [0, 0.1) is 0 Å². The number of aliphatic hydroxyl groups is 1. The molecule has 1 fully saturated rings. The third-order valence-electron chi connectivity index (χ3n) is 5.37. The Labute approximate surface area is 197 Å². The molecule has 0 aliphatic carbocycles. The van der Waals surface area contributed by atoms with Gasteiger partial charge in [-0.3, -0.25) is 14.5 Å². The van der Waals surface area contributed by atoms with Crippen LogP contribution in [-0.4, -0.2) is 35.4 Å². The van der Waals surface area contributed by atoms with Crippen LogP contribution >= 0.6 is 0 Å². The van der Waals surface area contributed by atoms with E-state index in [1.165, 1.54) is 55.6 Å². The molecule has 0 radical (unpaired) electrons. The molecule has 1 atom stereocenters. The molecule has 0 aromatic heterocycles. The Morgan fingerprint density at radius 3 is 2.00 bits per heavy atom. The molecule has 0 bridgehead atoms. The van der Waals surface area contributed by atoms with Crippen LogP contribution in [0.25, 0.3) is 5.76 Å². The summed E-state index contributed by atoms with van der Waals surface area (Å²) in [6.45, 7) is 0. The average molecular weight is 485 g/mol. The van der Waals surface area contributed by atoms with Crippen LogP contribution in [0.2, 0.25) is 0 Å². The summed E-state index contributed by atoms with van der Waals surface area (Å²) in [5.41, 5.74) is 0.518. The minimum atomic E-state index is -4.89. The van der Waals surface area contributed by atoms with Crippen molar-refractivity contribution in [2.75, 3.05) is 12.0 Å². The fraction of sp³-hybridized carbons (Fsp3) is 0.120. The van der Waals surface area contributed by atoms with Crippen LogP contribution in [-0.2, 0) is 9.59 Å². The average Bonchev–Trinajstić information content (AvgIpc) is 3.09. The van der Waals surface area contributed by atoms with E-state index in [1.807, 2.05) is 0 Å². The number of anilines is 1. The highest BCUT2D eigenvalue weighted by Gasteiger charge is 2.47. The number of methoxy groups -OCH3 is 1. The minimum Gasteiger partial charge on any atom is -0.508 e. The zero-order valence-electron chi connectivity index (χ0n) is 18.1. The van der Waals surface area contributed by atoms with E-state index in [1.54, 1.807) is 12.1 Å². The molecular formula is C25H18F3NO6. The van der Waals surface area contributed by atoms with Gasteiger partial charge in [0.1, 0.15) is 23.0 Å². The topological polar surface area (TPSA) is 96.3 Å². The third kappa shape index (κ3) is 4.77. The molecule has 7 nitrogen and oxygen atoms in total. The molecule has 1 amide bonds. The lowest BCUT2D eigenvalue weighted by Gasteiger charge is -2.25. The second kappa shape index (κ2) is 9.05. The Balaban J connectivity index is 1.83. The highest BCUT2D eigenvalue weighted by Crippen LogP contribution is 2.43. The fourth-order valence-corrected chi connectivity index (χ4v) is 3.78. The number of hydrogen-bond donors (Lipinski definition) is 2. The van der Waals surface area contributed by atoms with Gasteiger partial charge in [0, 0.05) is 11.3 Å². The summed E-state index contributed by atoms with van der Waals surface area (Å²) in [5.74, 6) is -2.46. The van der Waals surface area contributed by atoms with E-state index in [0.29, 0.717) is 11.3 Å². The molecule has 10 heteroatoms. The molecule has 180 valence electrons. The lowest BCUT2D eigenvalue weighted by atomic mass is 9.95. The number of nitrogens with zero attached hydrogens (tertiary/aromatic N) is 1. The molecule has 1 unspecified atom stereocenters. The third-order valence-corrected chi connectivity index (χ3v) is 5.37. The summed E-state index contributed by atoms with van der Waals surface area (Å²) in [6.07, 6.45) is -4.89. The van der Waals surface area contributed by atoms with Crippen LogP contribution in [0.1, 0.15) is 17.2 Å². The number of benzene rings is 3. The maximum Gasteiger partial charge on any atom is 0.573 e. The molecule has 3 aromatic rings. The monoisotopic (exact) mass is 485 g/mol. The summed E-state index contributed by atoms with van der Waals surface area (Å²) < 4.78 is 46.6. The molecule has 2 N–H and O–H groups in total. The van der Waals surface area contributed by atoms with Crippen molar-refractivity contribution in [1.29, 1.82) is 0 Å². The van der Waals surface area contributed by atoms with E-state index in [0.717, 1.165) is 17.0 Å². The zero-order valence-corrected chi connectivity index (χ0v) is 18.1. The number of aromatic hydroxyl groups is 1. The molecule has 35 heavy (non-hydrogen) atoms. The molecule has 4 rings (SSSR count). The zero-order chi connectivity index (χ0) is 25.3. The number of rotatable bonds is 5. The summed E-state index contributed by atoms with van der Waals surface area (Å²) >= 11 is 0. The van der Waals surface area contributed by atoms with Gasteiger partial charge in [-0.1, -0.05) is 12.1 Å². The Hall–Kier alpha value is -4.47. The van der Waals surface area contributed by atoms with Crippen LogP contribution in [0.4, 0.5) is 18.9 Å². The van der Waals surface area contributed by atoms with E-state index in [9.17, 15) is 33.0 Å². The number of hydrogen-bond acceptors (Lipinski definition) is 6. The molecule has 1 saturated heterocycles. The van der Waals surface area contributed by atoms with Crippen molar-refractivity contribution < 1.29 is 42.4 Å². The Morgan fingerprint density at radius 2 is 1.46 bits per heavy atom. The van der Waals surface area contributed by atoms with Gasteiger partial charge in [0.05, 0.1) is 18.7 Å². The predicted octanol–water partition coefficient (Wildman–Crippen LogP) is 4.93. The molecule has 1 heterocycles. The molecule has 1 aliphatic heterocycles. The second-order valence-electron chi connectivity index (χ2n) is 7.53. The lowest BCUT2D eigenvalue weighted by molar-refractivity contribution is -0.274. The number of ether oxygens (including phenoxy) is 2. The van der Waals surface area contributed by atoms with Crippen molar-refractivity contribution in [1.82, 2.24) is 0 Å². The smallest absolute Gasteiger partial charge is 0.508 e. The van der Waals surface area contributed by atoms with Gasteiger partial charge in [0.2, 0.25) is 0 Å². The Bertz CT molecular complexity index is 1280. The largest absolute Gasteiger partial charge is 0.573 e. The van der Waals surface area contributed by atoms with Crippen molar-refractivity contribution >= 4 is 23.1 Å². The van der Waals surface area contributed by atoms with Crippen molar-refractivity contribution in [2.45, 2.75) is 12.4 Å². The highest BCUT2D eigenvalue weighted by atomic mass is 19.4. The number of ketones is 1. The number of carbonyl (C=O) groups excluding carboxylic acids is 2. The summed E-state index contributed by atoms with van der Waals surface area (Å²) in [4.78, 5) is 27.2. The van der Waals surface area contributed by atoms with E-state index in [4.69, 9.17) is 4.74 Å². The molecule has 1 aliphatic rings. The van der Waals surface area contributed by atoms with Gasteiger partial charge in [-0.15, -0.1) is 13.2 Å². The predicted molar refractivity (Wildman–Crippen MR) is 119 cm³/mol. The SMILES string of the molecule is COc1ccc(/C(O)=C2\C(=O)C(=O)N(c3ccc(OC(F)(F)F)cc3)C2c2ccc(O)cc2)cc1. The number of halogens is 3. The van der Waals surface area contributed by atoms with E-state index in [2.05, 4.69) is 4.74 Å². The van der Waals surface area contributed by atoms with Gasteiger partial charge in [0.15, 0.2) is 0 Å². The summed E-state index contributed by atoms with van der Waals surface area (Å²) in [5, 5.41) is 20.7. The fourth-order valence-electron chi connectivity index (χ4n) is 3.78. The number of phenols is 1. The highest BCUT2D eigenvalue weighted by molar-refractivity contribution is 6.51. The van der Waals surface area contributed by atoms with Crippen molar-refractivity contribution in [2.24, 2.45) is 0 Å². The first kappa shape index (κ1) is 23.7. The summed E-state index contributed by atoms with van der Waals surface area (Å²) in [6, 6.07) is 15.1. The summed E-state index contributed by atoms with van der Waals surface area (Å²) in [7, 11) is 1.47. The number of carbonyl (C=O) groups is 2. The van der Waals surface area contributed by atoms with Gasteiger partial charge >= 0.3 is 6.36 Å². The van der Waals surface area contributed by atoms with E-state index in [-0.39, 0.29) is 22.6 Å². The Kier molecular flexibility index (Phi) is 6.12. The first-order valence-electron chi connectivity index (χ1n) is 10.2. The number of aliphatic hydroxyl groups excluding tert-OH is 1. The van der Waals surface area contributed by atoms with Gasteiger partial charge in [-0.25, -0.2) is 0 Å². The van der Waals surface area contributed by atoms with Crippen LogP contribution < -0.4 is 14.4 Å². The van der Waals surface area contributed by atoms with Crippen molar-refractivity contribution in [3.05, 3.63) is 89.5 Å². The standard InChI is InChI=1S/C25H18F3NO6/c1-34-18-10-4-15(5-11-18)22(31)20-21(14-2-8-17(30)9-3-14)29(24(33)23(20)32)16-6-12-19(13-7-16)35-25(26,27)28/h2-13,21,30-31H,1H3/b22-20+. The first-order valence-corrected chi connectivity index (χ1v) is 10.2. The van der Waals surface area contributed by atoms with Crippen LogP contribution in [0.5, 0.6) is 17.2 Å². The molecular weight excluding hydrogens is 467 g/mol. The van der Waals surface area contributed by atoms with Crippen LogP contribution in [0.3, 0.4) is 0 Å². The van der Waals surface area contributed by atoms with E-state index >= 15 is 0 Å². The second-order valence-corrected chi connectivity index (χ2v) is 7.53. The maximum absolute atomic E-state index is 13.1. The minimum absolute atomic E-state index is 0.0606. The van der Waals surface area contributed by atoms with Gasteiger partial charge < -0.3 is 19.7 Å². The lowest BCUT2D eigenvalue weighted by Crippen LogP contribution is -2.29. The van der Waals surface area contributed by atoms with Crippen LogP contribution in [0.15, 0.2) is 78.4 Å². The molecule has 0 saturated carbocycles. The normalized spacial score (nSPS) is 17.5. The quantitative estimate of drug-likeness (QED) is 0.302. The Morgan fingerprint density at radius 1 is 0.886 bits per heavy atom. The van der Waals surface area contributed by atoms with E-state index < -0.39 is 35.6 Å². The molecule has 3 aromatic carbocycles. The number of Topliss-reactive ketones (excluding diaryl/α,β-unsaturated/α-hetero) is 1. The van der Waals surface area contributed by atoms with Gasteiger partial charge in [-0.05, 0) is 66.2 Å². The van der Waals surface area contributed by atoms with Crippen molar-refractivity contribution in [3.8, 4) is 17.2 Å². The van der Waals surface area contributed by atoms with Crippen molar-refractivity contribution in [3.63, 3.8) is 0 Å². The maximum atomic E-state index is 13.1. The number of amides is 1. The number of alkyl halides is 3. The first-order chi connectivity index (χ1) is 16.6.